The molecule has 3 rings (SSSR count). The van der Waals surface area contributed by atoms with Crippen LogP contribution in [0.5, 0.6) is 0 Å². The maximum absolute atomic E-state index is 12.2. The molecule has 0 fully saturated rings. The Morgan fingerprint density at radius 2 is 1.80 bits per heavy atom. The smallest absolute Gasteiger partial charge is 0.248 e. The van der Waals surface area contributed by atoms with Crippen LogP contribution in [0, 0.1) is 0 Å². The summed E-state index contributed by atoms with van der Waals surface area (Å²) in [5.41, 5.74) is 8.08. The van der Waals surface area contributed by atoms with Gasteiger partial charge >= 0.3 is 0 Å². The van der Waals surface area contributed by atoms with Gasteiger partial charge in [0.1, 0.15) is 0 Å². The highest BCUT2D eigenvalue weighted by Gasteiger charge is 2.38. The van der Waals surface area contributed by atoms with E-state index in [1.165, 1.54) is 0 Å². The predicted octanol–water partition coefficient (Wildman–Crippen LogP) is 2.20. The Morgan fingerprint density at radius 3 is 2.44 bits per heavy atom. The second-order valence-corrected chi connectivity index (χ2v) is 6.63. The number of rotatable bonds is 4. The highest BCUT2D eigenvalue weighted by atomic mass is 16.2. The van der Waals surface area contributed by atoms with E-state index in [2.05, 4.69) is 10.6 Å². The average Bonchev–Trinajstić information content (AvgIpc) is 2.78. The van der Waals surface area contributed by atoms with Gasteiger partial charge in [-0.25, -0.2) is 0 Å². The standard InChI is InChI=1S/C19H19N3O3/c1-19(2)14-9-11(3-8-15(14)22-18(19)25)10-16(23)21-13-6-4-12(5-7-13)17(20)24/h3-9H,10H2,1-2H3,(H2,20,24)(H,21,23)(H,22,25). The van der Waals surface area contributed by atoms with Crippen LogP contribution in [0.1, 0.15) is 35.3 Å². The van der Waals surface area contributed by atoms with E-state index < -0.39 is 11.3 Å². The summed E-state index contributed by atoms with van der Waals surface area (Å²) < 4.78 is 0. The molecule has 3 amide bonds. The number of nitrogens with one attached hydrogen (secondary N) is 2. The van der Waals surface area contributed by atoms with E-state index in [1.54, 1.807) is 24.3 Å². The number of nitrogens with two attached hydrogens (primary N) is 1. The van der Waals surface area contributed by atoms with Gasteiger partial charge in [-0.2, -0.15) is 0 Å². The first-order chi connectivity index (χ1) is 11.8. The van der Waals surface area contributed by atoms with Crippen LogP contribution >= 0.6 is 0 Å². The SMILES string of the molecule is CC1(C)C(=O)Nc2ccc(CC(=O)Nc3ccc(C(N)=O)cc3)cc21. The first-order valence-electron chi connectivity index (χ1n) is 7.92. The van der Waals surface area contributed by atoms with Crippen LogP contribution in [0.25, 0.3) is 0 Å². The molecule has 1 aliphatic rings. The zero-order chi connectivity index (χ0) is 18.2. The molecule has 0 saturated heterocycles. The third-order valence-electron chi connectivity index (χ3n) is 4.39. The molecule has 0 unspecified atom stereocenters. The van der Waals surface area contributed by atoms with E-state index in [1.807, 2.05) is 32.0 Å². The van der Waals surface area contributed by atoms with Gasteiger partial charge in [-0.1, -0.05) is 12.1 Å². The van der Waals surface area contributed by atoms with Gasteiger partial charge in [0, 0.05) is 16.9 Å². The summed E-state index contributed by atoms with van der Waals surface area (Å²) in [5, 5.41) is 5.63. The zero-order valence-electron chi connectivity index (χ0n) is 14.1. The number of benzene rings is 2. The fourth-order valence-electron chi connectivity index (χ4n) is 2.84. The number of primary amides is 1. The highest BCUT2D eigenvalue weighted by molar-refractivity contribution is 6.05. The van der Waals surface area contributed by atoms with Crippen molar-refractivity contribution in [2.24, 2.45) is 5.73 Å². The second-order valence-electron chi connectivity index (χ2n) is 6.63. The molecule has 6 heteroatoms. The Kier molecular flexibility index (Phi) is 4.04. The van der Waals surface area contributed by atoms with Crippen molar-refractivity contribution < 1.29 is 14.4 Å². The summed E-state index contributed by atoms with van der Waals surface area (Å²) in [4.78, 5) is 35.3. The molecular formula is C19H19N3O3. The lowest BCUT2D eigenvalue weighted by molar-refractivity contribution is -0.119. The van der Waals surface area contributed by atoms with Crippen molar-refractivity contribution in [2.75, 3.05) is 10.6 Å². The number of fused-ring (bicyclic) bond motifs is 1. The quantitative estimate of drug-likeness (QED) is 0.797. The van der Waals surface area contributed by atoms with E-state index in [-0.39, 0.29) is 18.2 Å². The lowest BCUT2D eigenvalue weighted by Crippen LogP contribution is -2.27. The first-order valence-corrected chi connectivity index (χ1v) is 7.92. The van der Waals surface area contributed by atoms with Gasteiger partial charge in [0.25, 0.3) is 0 Å². The Labute approximate surface area is 145 Å². The van der Waals surface area contributed by atoms with Gasteiger partial charge in [0.2, 0.25) is 17.7 Å². The molecule has 0 saturated carbocycles. The van der Waals surface area contributed by atoms with E-state index in [4.69, 9.17) is 5.73 Å². The zero-order valence-corrected chi connectivity index (χ0v) is 14.1. The normalized spacial score (nSPS) is 14.6. The molecule has 2 aromatic rings. The minimum absolute atomic E-state index is 0.0429. The largest absolute Gasteiger partial charge is 0.366 e. The van der Waals surface area contributed by atoms with Crippen molar-refractivity contribution >= 4 is 29.1 Å². The van der Waals surface area contributed by atoms with Gasteiger partial charge in [-0.15, -0.1) is 0 Å². The average molecular weight is 337 g/mol. The van der Waals surface area contributed by atoms with Crippen molar-refractivity contribution in [1.82, 2.24) is 0 Å². The number of anilines is 2. The maximum Gasteiger partial charge on any atom is 0.248 e. The van der Waals surface area contributed by atoms with Crippen molar-refractivity contribution in [2.45, 2.75) is 25.7 Å². The summed E-state index contributed by atoms with van der Waals surface area (Å²) in [5.74, 6) is -0.734. The Morgan fingerprint density at radius 1 is 1.12 bits per heavy atom. The first kappa shape index (κ1) is 16.7. The summed E-state index contributed by atoms with van der Waals surface area (Å²) >= 11 is 0. The topological polar surface area (TPSA) is 101 Å². The third-order valence-corrected chi connectivity index (χ3v) is 4.39. The van der Waals surface area contributed by atoms with Crippen LogP contribution in [-0.2, 0) is 21.4 Å². The van der Waals surface area contributed by atoms with Crippen LogP contribution in [0.15, 0.2) is 42.5 Å². The molecule has 0 aliphatic carbocycles. The molecule has 25 heavy (non-hydrogen) atoms. The number of hydrogen-bond donors (Lipinski definition) is 3. The molecule has 6 nitrogen and oxygen atoms in total. The fraction of sp³-hybridized carbons (Fsp3) is 0.211. The number of carbonyl (C=O) groups is 3. The molecule has 0 radical (unpaired) electrons. The van der Waals surface area contributed by atoms with E-state index in [0.717, 1.165) is 16.8 Å². The minimum atomic E-state index is -0.605. The number of amides is 3. The Hall–Kier alpha value is -3.15. The van der Waals surface area contributed by atoms with Crippen molar-refractivity contribution in [1.29, 1.82) is 0 Å². The molecular weight excluding hydrogens is 318 g/mol. The van der Waals surface area contributed by atoms with Gasteiger partial charge in [-0.05, 0) is 55.3 Å². The summed E-state index contributed by atoms with van der Waals surface area (Å²) in [7, 11) is 0. The number of hydrogen-bond acceptors (Lipinski definition) is 3. The fourth-order valence-corrected chi connectivity index (χ4v) is 2.84. The third kappa shape index (κ3) is 3.24. The maximum atomic E-state index is 12.2. The van der Waals surface area contributed by atoms with E-state index in [0.29, 0.717) is 11.3 Å². The van der Waals surface area contributed by atoms with E-state index >= 15 is 0 Å². The van der Waals surface area contributed by atoms with Gasteiger partial charge < -0.3 is 16.4 Å². The van der Waals surface area contributed by atoms with Crippen molar-refractivity contribution in [3.05, 3.63) is 59.2 Å². The van der Waals surface area contributed by atoms with Crippen LogP contribution in [0.2, 0.25) is 0 Å². The van der Waals surface area contributed by atoms with Crippen molar-refractivity contribution in [3.63, 3.8) is 0 Å². The summed E-state index contributed by atoms with van der Waals surface area (Å²) in [6.45, 7) is 3.72. The monoisotopic (exact) mass is 337 g/mol. The lowest BCUT2D eigenvalue weighted by atomic mass is 9.85. The van der Waals surface area contributed by atoms with Crippen LogP contribution in [-0.4, -0.2) is 17.7 Å². The molecule has 1 heterocycles. The van der Waals surface area contributed by atoms with Crippen LogP contribution in [0.3, 0.4) is 0 Å². The van der Waals surface area contributed by atoms with E-state index in [9.17, 15) is 14.4 Å². The molecule has 0 spiro atoms. The molecule has 4 N–H and O–H groups in total. The molecule has 0 aromatic heterocycles. The van der Waals surface area contributed by atoms with Crippen molar-refractivity contribution in [3.8, 4) is 0 Å². The Balaban J connectivity index is 1.71. The van der Waals surface area contributed by atoms with Gasteiger partial charge in [-0.3, -0.25) is 14.4 Å². The van der Waals surface area contributed by atoms with Gasteiger partial charge in [0.15, 0.2) is 0 Å². The predicted molar refractivity (Wildman–Crippen MR) is 95.4 cm³/mol. The molecule has 0 bridgehead atoms. The molecule has 0 atom stereocenters. The molecule has 128 valence electrons. The molecule has 1 aliphatic heterocycles. The lowest BCUT2D eigenvalue weighted by Gasteiger charge is -2.15. The molecule has 2 aromatic carbocycles. The second kappa shape index (κ2) is 6.05. The minimum Gasteiger partial charge on any atom is -0.366 e. The summed E-state index contributed by atoms with van der Waals surface area (Å²) in [6.07, 6.45) is 0.190. The van der Waals surface area contributed by atoms with Crippen LogP contribution < -0.4 is 16.4 Å². The summed E-state index contributed by atoms with van der Waals surface area (Å²) in [6, 6.07) is 11.9. The highest BCUT2D eigenvalue weighted by Crippen LogP contribution is 2.37. The Bertz CT molecular complexity index is 870. The number of carbonyl (C=O) groups excluding carboxylic acids is 3. The van der Waals surface area contributed by atoms with Crippen LogP contribution in [0.4, 0.5) is 11.4 Å². The van der Waals surface area contributed by atoms with Gasteiger partial charge in [0.05, 0.1) is 11.8 Å².